The van der Waals surface area contributed by atoms with E-state index < -0.39 is 15.4 Å². The van der Waals surface area contributed by atoms with Crippen molar-refractivity contribution in [1.29, 1.82) is 0 Å². The minimum Gasteiger partial charge on any atom is -0.351 e. The lowest BCUT2D eigenvalue weighted by atomic mass is 9.67. The molecule has 2 aromatic carbocycles. The van der Waals surface area contributed by atoms with Gasteiger partial charge >= 0.3 is 0 Å². The molecule has 1 amide bonds. The van der Waals surface area contributed by atoms with E-state index in [1.165, 1.54) is 5.56 Å². The number of rotatable bonds is 6. The van der Waals surface area contributed by atoms with Gasteiger partial charge in [0.25, 0.3) is 0 Å². The van der Waals surface area contributed by atoms with Crippen molar-refractivity contribution in [3.05, 3.63) is 71.3 Å². The molecule has 31 heavy (non-hydrogen) atoms. The maximum absolute atomic E-state index is 13.5. The summed E-state index contributed by atoms with van der Waals surface area (Å²) in [4.78, 5) is 13.5. The zero-order chi connectivity index (χ0) is 21.9. The van der Waals surface area contributed by atoms with Crippen LogP contribution in [0.15, 0.2) is 54.6 Å². The van der Waals surface area contributed by atoms with Gasteiger partial charge in [0.15, 0.2) is 0 Å². The maximum Gasteiger partial charge on any atom is 0.228 e. The minimum absolute atomic E-state index is 0.00438. The second-order valence-corrected chi connectivity index (χ2v) is 10.9. The van der Waals surface area contributed by atoms with Gasteiger partial charge in [-0.3, -0.25) is 4.79 Å². The first-order chi connectivity index (χ1) is 14.9. The lowest BCUT2D eigenvalue weighted by Gasteiger charge is -2.50. The standard InChI is InChI=1S/C25H32N2O3S/c1-2-20-11-13-21(14-12-20)18-26-24(28)25-15-7-6-10-23(25)27(31(29,30)17-16-25)19-22-8-4-3-5-9-22/h3-5,8-9,11-14,23H,2,6-7,10,15-19H2,1H3,(H,26,28)/t23-,25-/m1/s1. The van der Waals surface area contributed by atoms with Crippen LogP contribution in [-0.2, 0) is 34.3 Å². The van der Waals surface area contributed by atoms with E-state index in [1.807, 2.05) is 30.3 Å². The number of fused-ring (bicyclic) bond motifs is 1. The molecule has 1 aliphatic heterocycles. The Morgan fingerprint density at radius 1 is 1.00 bits per heavy atom. The monoisotopic (exact) mass is 440 g/mol. The Morgan fingerprint density at radius 2 is 1.71 bits per heavy atom. The fraction of sp³-hybridized carbons (Fsp3) is 0.480. The van der Waals surface area contributed by atoms with E-state index in [4.69, 9.17) is 0 Å². The summed E-state index contributed by atoms with van der Waals surface area (Å²) in [6.45, 7) is 2.93. The van der Waals surface area contributed by atoms with Gasteiger partial charge in [-0.25, -0.2) is 8.42 Å². The molecule has 0 radical (unpaired) electrons. The SMILES string of the molecule is CCc1ccc(CNC(=O)[C@@]23CCCC[C@H]2N(Cc2ccccc2)S(=O)(=O)CC3)cc1. The molecule has 1 heterocycles. The largest absolute Gasteiger partial charge is 0.351 e. The molecule has 2 aliphatic rings. The Kier molecular flexibility index (Phi) is 6.49. The maximum atomic E-state index is 13.5. The molecule has 2 atom stereocenters. The number of carbonyl (C=O) groups is 1. The number of aryl methyl sites for hydroxylation is 1. The molecule has 6 heteroatoms. The van der Waals surface area contributed by atoms with E-state index in [-0.39, 0.29) is 17.7 Å². The van der Waals surface area contributed by atoms with Crippen LogP contribution in [0.4, 0.5) is 0 Å². The molecular weight excluding hydrogens is 408 g/mol. The Morgan fingerprint density at radius 3 is 2.42 bits per heavy atom. The summed E-state index contributed by atoms with van der Waals surface area (Å²) in [5, 5.41) is 3.15. The molecule has 1 saturated heterocycles. The Bertz CT molecular complexity index is 1000. The van der Waals surface area contributed by atoms with Gasteiger partial charge in [-0.05, 0) is 42.4 Å². The normalized spacial score (nSPS) is 25.5. The van der Waals surface area contributed by atoms with E-state index in [9.17, 15) is 13.2 Å². The van der Waals surface area contributed by atoms with Crippen molar-refractivity contribution in [2.75, 3.05) is 5.75 Å². The van der Waals surface area contributed by atoms with E-state index in [0.29, 0.717) is 19.5 Å². The second kappa shape index (κ2) is 9.13. The van der Waals surface area contributed by atoms with E-state index in [1.54, 1.807) is 4.31 Å². The minimum atomic E-state index is -3.39. The van der Waals surface area contributed by atoms with Crippen molar-refractivity contribution in [2.24, 2.45) is 5.41 Å². The number of hydrogen-bond acceptors (Lipinski definition) is 3. The number of carbonyl (C=O) groups excluding carboxylic acids is 1. The van der Waals surface area contributed by atoms with E-state index in [2.05, 4.69) is 36.5 Å². The molecule has 0 bridgehead atoms. The summed E-state index contributed by atoms with van der Waals surface area (Å²) in [5.41, 5.74) is 2.67. The van der Waals surface area contributed by atoms with Crippen LogP contribution >= 0.6 is 0 Å². The first-order valence-electron chi connectivity index (χ1n) is 11.3. The summed E-state index contributed by atoms with van der Waals surface area (Å²) < 4.78 is 27.7. The molecule has 0 spiro atoms. The van der Waals surface area contributed by atoms with Crippen LogP contribution in [0.2, 0.25) is 0 Å². The van der Waals surface area contributed by atoms with Crippen molar-refractivity contribution in [2.45, 2.75) is 64.6 Å². The summed E-state index contributed by atoms with van der Waals surface area (Å²) in [6.07, 6.45) is 4.81. The van der Waals surface area contributed by atoms with Crippen LogP contribution in [0.1, 0.15) is 55.7 Å². The third-order valence-corrected chi connectivity index (χ3v) is 8.84. The number of hydrogen-bond donors (Lipinski definition) is 1. The fourth-order valence-electron chi connectivity index (χ4n) is 5.16. The molecular formula is C25H32N2O3S. The third-order valence-electron chi connectivity index (χ3n) is 7.02. The highest BCUT2D eigenvalue weighted by Crippen LogP contribution is 2.47. The molecule has 2 aromatic rings. The molecule has 1 aliphatic carbocycles. The number of benzene rings is 2. The van der Waals surface area contributed by atoms with Gasteiger partial charge in [-0.1, -0.05) is 74.4 Å². The predicted octanol–water partition coefficient (Wildman–Crippen LogP) is 4.03. The first kappa shape index (κ1) is 22.0. The zero-order valence-electron chi connectivity index (χ0n) is 18.2. The van der Waals surface area contributed by atoms with Crippen LogP contribution in [0.5, 0.6) is 0 Å². The summed E-state index contributed by atoms with van der Waals surface area (Å²) in [5.74, 6) is 0.0410. The van der Waals surface area contributed by atoms with Crippen molar-refractivity contribution < 1.29 is 13.2 Å². The highest BCUT2D eigenvalue weighted by atomic mass is 32.2. The lowest BCUT2D eigenvalue weighted by molar-refractivity contribution is -0.137. The number of nitrogens with zero attached hydrogens (tertiary/aromatic N) is 1. The lowest BCUT2D eigenvalue weighted by Crippen LogP contribution is -2.62. The molecule has 1 N–H and O–H groups in total. The summed E-state index contributed by atoms with van der Waals surface area (Å²) in [6, 6.07) is 17.7. The van der Waals surface area contributed by atoms with Gasteiger partial charge in [-0.2, -0.15) is 4.31 Å². The summed E-state index contributed by atoms with van der Waals surface area (Å²) >= 11 is 0. The Labute approximate surface area is 185 Å². The molecule has 4 rings (SSSR count). The average molecular weight is 441 g/mol. The number of amides is 1. The fourth-order valence-corrected chi connectivity index (χ4v) is 7.05. The van der Waals surface area contributed by atoms with E-state index in [0.717, 1.165) is 43.2 Å². The molecule has 0 unspecified atom stereocenters. The summed E-state index contributed by atoms with van der Waals surface area (Å²) in [7, 11) is -3.39. The zero-order valence-corrected chi connectivity index (χ0v) is 19.0. The number of sulfonamides is 1. The van der Waals surface area contributed by atoms with Crippen molar-refractivity contribution in [3.63, 3.8) is 0 Å². The van der Waals surface area contributed by atoms with Crippen molar-refractivity contribution in [3.8, 4) is 0 Å². The van der Waals surface area contributed by atoms with Crippen LogP contribution in [-0.4, -0.2) is 30.4 Å². The van der Waals surface area contributed by atoms with Gasteiger partial charge in [0.1, 0.15) is 0 Å². The average Bonchev–Trinajstić information content (AvgIpc) is 2.80. The Balaban J connectivity index is 1.55. The van der Waals surface area contributed by atoms with Crippen LogP contribution in [0, 0.1) is 5.41 Å². The predicted molar refractivity (Wildman–Crippen MR) is 123 cm³/mol. The second-order valence-electron chi connectivity index (χ2n) is 8.87. The van der Waals surface area contributed by atoms with E-state index >= 15 is 0 Å². The molecule has 2 fully saturated rings. The molecule has 1 saturated carbocycles. The van der Waals surface area contributed by atoms with Gasteiger partial charge in [0, 0.05) is 19.1 Å². The van der Waals surface area contributed by atoms with Gasteiger partial charge in [0.05, 0.1) is 11.2 Å². The van der Waals surface area contributed by atoms with Crippen LogP contribution in [0.25, 0.3) is 0 Å². The molecule has 5 nitrogen and oxygen atoms in total. The van der Waals surface area contributed by atoms with Crippen LogP contribution in [0.3, 0.4) is 0 Å². The van der Waals surface area contributed by atoms with Gasteiger partial charge in [0.2, 0.25) is 15.9 Å². The van der Waals surface area contributed by atoms with Gasteiger partial charge < -0.3 is 5.32 Å². The highest BCUT2D eigenvalue weighted by molar-refractivity contribution is 7.89. The molecule has 166 valence electrons. The van der Waals surface area contributed by atoms with Gasteiger partial charge in [-0.15, -0.1) is 0 Å². The smallest absolute Gasteiger partial charge is 0.228 e. The Hall–Kier alpha value is -2.18. The van der Waals surface area contributed by atoms with Crippen molar-refractivity contribution >= 4 is 15.9 Å². The first-order valence-corrected chi connectivity index (χ1v) is 12.9. The number of nitrogens with one attached hydrogen (secondary N) is 1. The van der Waals surface area contributed by atoms with Crippen LogP contribution < -0.4 is 5.32 Å². The topological polar surface area (TPSA) is 66.5 Å². The third kappa shape index (κ3) is 4.55. The quantitative estimate of drug-likeness (QED) is 0.738. The molecule has 0 aromatic heterocycles. The highest BCUT2D eigenvalue weighted by Gasteiger charge is 2.55. The van der Waals surface area contributed by atoms with Crippen molar-refractivity contribution in [1.82, 2.24) is 9.62 Å².